The summed E-state index contributed by atoms with van der Waals surface area (Å²) in [5.74, 6) is 0.435. The topological polar surface area (TPSA) is 51.0 Å². The lowest BCUT2D eigenvalue weighted by Crippen LogP contribution is -2.37. The van der Waals surface area contributed by atoms with Crippen LogP contribution in [-0.2, 0) is 6.42 Å². The van der Waals surface area contributed by atoms with Crippen molar-refractivity contribution in [2.24, 2.45) is 0 Å². The van der Waals surface area contributed by atoms with Crippen LogP contribution >= 0.6 is 0 Å². The number of halogens is 1. The van der Waals surface area contributed by atoms with Gasteiger partial charge in [0.15, 0.2) is 0 Å². The van der Waals surface area contributed by atoms with Gasteiger partial charge < -0.3 is 9.73 Å². The van der Waals surface area contributed by atoms with Crippen molar-refractivity contribution < 1.29 is 8.81 Å². The van der Waals surface area contributed by atoms with Crippen LogP contribution in [0.25, 0.3) is 11.5 Å². The Kier molecular flexibility index (Phi) is 4.18. The van der Waals surface area contributed by atoms with E-state index in [2.05, 4.69) is 36.3 Å². The molecule has 2 rings (SSSR count). The summed E-state index contributed by atoms with van der Waals surface area (Å²) in [7, 11) is 0. The van der Waals surface area contributed by atoms with Crippen molar-refractivity contribution >= 4 is 0 Å². The van der Waals surface area contributed by atoms with Crippen LogP contribution in [0.5, 0.6) is 0 Å². The summed E-state index contributed by atoms with van der Waals surface area (Å²) in [6.45, 7) is 8.72. The first-order valence-corrected chi connectivity index (χ1v) is 6.70. The molecule has 0 saturated carbocycles. The van der Waals surface area contributed by atoms with Gasteiger partial charge in [0.2, 0.25) is 5.89 Å². The third-order valence-corrected chi connectivity index (χ3v) is 2.88. The summed E-state index contributed by atoms with van der Waals surface area (Å²) >= 11 is 0. The lowest BCUT2D eigenvalue weighted by Gasteiger charge is -2.19. The summed E-state index contributed by atoms with van der Waals surface area (Å²) in [5.41, 5.74) is 0.968. The minimum atomic E-state index is -0.310. The lowest BCUT2D eigenvalue weighted by molar-refractivity contribution is 0.411. The van der Waals surface area contributed by atoms with Crippen molar-refractivity contribution in [1.82, 2.24) is 15.5 Å². The zero-order valence-corrected chi connectivity index (χ0v) is 12.3. The maximum absolute atomic E-state index is 14.0. The highest BCUT2D eigenvalue weighted by Crippen LogP contribution is 2.23. The highest BCUT2D eigenvalue weighted by atomic mass is 19.1. The van der Waals surface area contributed by atoms with Crippen molar-refractivity contribution in [3.05, 3.63) is 35.5 Å². The van der Waals surface area contributed by atoms with Crippen LogP contribution < -0.4 is 5.32 Å². The quantitative estimate of drug-likeness (QED) is 0.933. The number of nitrogens with one attached hydrogen (secondary N) is 1. The van der Waals surface area contributed by atoms with Crippen molar-refractivity contribution in [2.45, 2.75) is 39.7 Å². The molecule has 1 aromatic carbocycles. The van der Waals surface area contributed by atoms with E-state index in [1.807, 2.05) is 0 Å². The Balaban J connectivity index is 2.07. The highest BCUT2D eigenvalue weighted by Gasteiger charge is 2.15. The van der Waals surface area contributed by atoms with Crippen molar-refractivity contribution in [3.8, 4) is 11.5 Å². The third-order valence-electron chi connectivity index (χ3n) is 2.88. The summed E-state index contributed by atoms with van der Waals surface area (Å²) in [6, 6.07) is 5.13. The Bertz CT molecular complexity index is 587. The van der Waals surface area contributed by atoms with Gasteiger partial charge in [-0.3, -0.25) is 0 Å². The van der Waals surface area contributed by atoms with E-state index in [0.29, 0.717) is 23.4 Å². The Hall–Kier alpha value is -1.75. The Morgan fingerprint density at radius 2 is 2.00 bits per heavy atom. The van der Waals surface area contributed by atoms with E-state index in [9.17, 15) is 4.39 Å². The molecule has 0 amide bonds. The van der Waals surface area contributed by atoms with E-state index in [1.54, 1.807) is 25.1 Å². The van der Waals surface area contributed by atoms with Gasteiger partial charge >= 0.3 is 0 Å². The second-order valence-corrected chi connectivity index (χ2v) is 5.86. The Morgan fingerprint density at radius 3 is 2.70 bits per heavy atom. The number of benzene rings is 1. The van der Waals surface area contributed by atoms with E-state index in [0.717, 1.165) is 6.54 Å². The molecule has 0 radical (unpaired) electrons. The molecule has 1 aromatic heterocycles. The zero-order chi connectivity index (χ0) is 14.8. The zero-order valence-electron chi connectivity index (χ0n) is 12.3. The van der Waals surface area contributed by atoms with Gasteiger partial charge in [-0.15, -0.1) is 10.2 Å². The first-order chi connectivity index (χ1) is 9.37. The standard InChI is InChI=1S/C15H20FN3O/c1-10-6-5-7-11(13(10)16)14-19-18-12(20-14)8-9-17-15(2,3)4/h5-7,17H,8-9H2,1-4H3. The number of hydrogen-bond donors (Lipinski definition) is 1. The molecular formula is C15H20FN3O. The molecule has 0 fully saturated rings. The average molecular weight is 277 g/mol. The average Bonchev–Trinajstić information content (AvgIpc) is 2.79. The van der Waals surface area contributed by atoms with Crippen molar-refractivity contribution in [3.63, 3.8) is 0 Å². The minimum Gasteiger partial charge on any atom is -0.421 e. The number of aryl methyl sites for hydroxylation is 1. The summed E-state index contributed by atoms with van der Waals surface area (Å²) in [6.07, 6.45) is 0.623. The van der Waals surface area contributed by atoms with E-state index in [1.165, 1.54) is 0 Å². The molecule has 20 heavy (non-hydrogen) atoms. The largest absolute Gasteiger partial charge is 0.421 e. The van der Waals surface area contributed by atoms with Crippen LogP contribution in [0.4, 0.5) is 4.39 Å². The van der Waals surface area contributed by atoms with Crippen LogP contribution in [-0.4, -0.2) is 22.3 Å². The summed E-state index contributed by atoms with van der Waals surface area (Å²) < 4.78 is 19.5. The first kappa shape index (κ1) is 14.7. The van der Waals surface area contributed by atoms with E-state index >= 15 is 0 Å². The molecule has 2 aromatic rings. The van der Waals surface area contributed by atoms with Crippen molar-refractivity contribution in [1.29, 1.82) is 0 Å². The Morgan fingerprint density at radius 1 is 1.25 bits per heavy atom. The van der Waals surface area contributed by atoms with Crippen LogP contribution in [0.3, 0.4) is 0 Å². The fourth-order valence-corrected chi connectivity index (χ4v) is 1.82. The molecule has 0 aliphatic rings. The summed E-state index contributed by atoms with van der Waals surface area (Å²) in [4.78, 5) is 0. The second-order valence-electron chi connectivity index (χ2n) is 5.86. The van der Waals surface area contributed by atoms with Gasteiger partial charge in [-0.25, -0.2) is 4.39 Å². The first-order valence-electron chi connectivity index (χ1n) is 6.70. The number of nitrogens with zero attached hydrogens (tertiary/aromatic N) is 2. The van der Waals surface area contributed by atoms with Gasteiger partial charge in [-0.2, -0.15) is 0 Å². The van der Waals surface area contributed by atoms with Crippen LogP contribution in [0.2, 0.25) is 0 Å². The molecule has 5 heteroatoms. The maximum Gasteiger partial charge on any atom is 0.250 e. The molecule has 4 nitrogen and oxygen atoms in total. The van der Waals surface area contributed by atoms with Gasteiger partial charge in [0.05, 0.1) is 5.56 Å². The summed E-state index contributed by atoms with van der Waals surface area (Å²) in [5, 5.41) is 11.2. The SMILES string of the molecule is Cc1cccc(-c2nnc(CCNC(C)(C)C)o2)c1F. The molecule has 1 heterocycles. The van der Waals surface area contributed by atoms with Gasteiger partial charge in [0.1, 0.15) is 5.82 Å². The monoisotopic (exact) mass is 277 g/mol. The lowest BCUT2D eigenvalue weighted by atomic mass is 10.1. The predicted octanol–water partition coefficient (Wildman–Crippen LogP) is 3.11. The van der Waals surface area contributed by atoms with E-state index < -0.39 is 0 Å². The smallest absolute Gasteiger partial charge is 0.250 e. The molecule has 1 N–H and O–H groups in total. The fourth-order valence-electron chi connectivity index (χ4n) is 1.82. The van der Waals surface area contributed by atoms with Gasteiger partial charge in [-0.05, 0) is 39.3 Å². The molecule has 0 saturated heterocycles. The fraction of sp³-hybridized carbons (Fsp3) is 0.467. The molecular weight excluding hydrogens is 257 g/mol. The van der Waals surface area contributed by atoms with E-state index in [4.69, 9.17) is 4.42 Å². The second kappa shape index (κ2) is 5.71. The van der Waals surface area contributed by atoms with Crippen LogP contribution in [0.1, 0.15) is 32.2 Å². The molecule has 0 aliphatic heterocycles. The van der Waals surface area contributed by atoms with E-state index in [-0.39, 0.29) is 17.2 Å². The van der Waals surface area contributed by atoms with Gasteiger partial charge in [-0.1, -0.05) is 12.1 Å². The molecule has 0 atom stereocenters. The third kappa shape index (κ3) is 3.63. The number of hydrogen-bond acceptors (Lipinski definition) is 4. The Labute approximate surface area is 118 Å². The molecule has 0 aliphatic carbocycles. The predicted molar refractivity (Wildman–Crippen MR) is 75.9 cm³/mol. The van der Waals surface area contributed by atoms with Crippen LogP contribution in [0, 0.1) is 12.7 Å². The molecule has 108 valence electrons. The van der Waals surface area contributed by atoms with Gasteiger partial charge in [0, 0.05) is 18.5 Å². The molecule has 0 unspecified atom stereocenters. The van der Waals surface area contributed by atoms with Gasteiger partial charge in [0.25, 0.3) is 5.89 Å². The normalized spacial score (nSPS) is 11.8. The number of rotatable bonds is 4. The molecule has 0 bridgehead atoms. The minimum absolute atomic E-state index is 0.0471. The van der Waals surface area contributed by atoms with Crippen molar-refractivity contribution in [2.75, 3.05) is 6.54 Å². The number of aromatic nitrogens is 2. The highest BCUT2D eigenvalue weighted by molar-refractivity contribution is 5.55. The van der Waals surface area contributed by atoms with Crippen LogP contribution in [0.15, 0.2) is 22.6 Å². The molecule has 0 spiro atoms. The maximum atomic E-state index is 14.0.